The lowest BCUT2D eigenvalue weighted by molar-refractivity contribution is 0.193. The Morgan fingerprint density at radius 3 is 2.63 bits per heavy atom. The van der Waals surface area contributed by atoms with Crippen molar-refractivity contribution in [2.24, 2.45) is 11.7 Å². The first-order valence-electron chi connectivity index (χ1n) is 10.6. The van der Waals surface area contributed by atoms with Gasteiger partial charge in [-0.05, 0) is 51.5 Å². The minimum Gasteiger partial charge on any atom is -0.326 e. The summed E-state index contributed by atoms with van der Waals surface area (Å²) >= 11 is 0. The van der Waals surface area contributed by atoms with Crippen LogP contribution in [0.3, 0.4) is 0 Å². The molecule has 2 fully saturated rings. The zero-order chi connectivity index (χ0) is 21.6. The highest BCUT2D eigenvalue weighted by Gasteiger charge is 2.26. The molecule has 162 valence electrons. The Morgan fingerprint density at radius 2 is 2.00 bits per heavy atom. The normalized spacial score (nSPS) is 19.5. The van der Waals surface area contributed by atoms with Gasteiger partial charge in [0.1, 0.15) is 5.82 Å². The summed E-state index contributed by atoms with van der Waals surface area (Å²) in [6.07, 6.45) is 3.63. The third kappa shape index (κ3) is 3.86. The zero-order valence-electron chi connectivity index (χ0n) is 17.4. The molecule has 8 nitrogen and oxygen atoms in total. The van der Waals surface area contributed by atoms with Crippen LogP contribution in [0.4, 0.5) is 14.9 Å². The van der Waals surface area contributed by atoms with Crippen LogP contribution < -0.4 is 22.3 Å². The molecule has 1 aliphatic carbocycles. The molecule has 0 radical (unpaired) electrons. The Labute approximate surface area is 173 Å². The summed E-state index contributed by atoms with van der Waals surface area (Å²) in [4.78, 5) is 40.1. The minimum absolute atomic E-state index is 0.0735. The number of fused-ring (bicyclic) bond motifs is 1. The van der Waals surface area contributed by atoms with Gasteiger partial charge in [0.15, 0.2) is 0 Å². The highest BCUT2D eigenvalue weighted by Crippen LogP contribution is 2.30. The van der Waals surface area contributed by atoms with Gasteiger partial charge in [-0.1, -0.05) is 0 Å². The topological polar surface area (TPSA) is 102 Å². The molecule has 3 N–H and O–H groups in total. The number of carbonyl (C=O) groups excluding carboxylic acids is 1. The molecule has 1 atom stereocenters. The molecule has 1 aliphatic heterocycles. The lowest BCUT2D eigenvalue weighted by atomic mass is 10.1. The molecule has 0 spiro atoms. The van der Waals surface area contributed by atoms with E-state index in [1.54, 1.807) is 4.90 Å². The maximum absolute atomic E-state index is 14.9. The average Bonchev–Trinajstić information content (AvgIpc) is 3.50. The van der Waals surface area contributed by atoms with Crippen molar-refractivity contribution in [2.75, 3.05) is 18.4 Å². The van der Waals surface area contributed by atoms with Gasteiger partial charge in [0, 0.05) is 37.8 Å². The van der Waals surface area contributed by atoms with Gasteiger partial charge >= 0.3 is 11.7 Å². The summed E-state index contributed by atoms with van der Waals surface area (Å²) in [5, 5.41) is 2.80. The molecule has 1 aromatic carbocycles. The van der Waals surface area contributed by atoms with Crippen LogP contribution in [0.5, 0.6) is 0 Å². The molecule has 2 aliphatic rings. The summed E-state index contributed by atoms with van der Waals surface area (Å²) in [7, 11) is 0. The number of urea groups is 1. The Balaban J connectivity index is 1.77. The molecule has 30 heavy (non-hydrogen) atoms. The average molecular weight is 417 g/mol. The van der Waals surface area contributed by atoms with E-state index in [9.17, 15) is 18.8 Å². The molecule has 1 unspecified atom stereocenters. The Kier molecular flexibility index (Phi) is 5.40. The van der Waals surface area contributed by atoms with Crippen molar-refractivity contribution in [3.8, 4) is 0 Å². The molecule has 2 aromatic rings. The summed E-state index contributed by atoms with van der Waals surface area (Å²) in [5.41, 5.74) is 5.22. The molecule has 1 aromatic heterocycles. The first-order chi connectivity index (χ1) is 14.3. The second-order valence-corrected chi connectivity index (χ2v) is 8.73. The lowest BCUT2D eigenvalue weighted by Crippen LogP contribution is -2.47. The number of benzene rings is 1. The van der Waals surface area contributed by atoms with E-state index >= 15 is 0 Å². The molecule has 0 bridgehead atoms. The molecule has 1 saturated carbocycles. The van der Waals surface area contributed by atoms with Gasteiger partial charge in [0.25, 0.3) is 5.56 Å². The van der Waals surface area contributed by atoms with Crippen LogP contribution in [0.25, 0.3) is 10.9 Å². The van der Waals surface area contributed by atoms with E-state index in [-0.39, 0.29) is 28.7 Å². The Morgan fingerprint density at radius 1 is 1.27 bits per heavy atom. The lowest BCUT2D eigenvalue weighted by Gasteiger charge is -2.30. The Bertz CT molecular complexity index is 1100. The van der Waals surface area contributed by atoms with E-state index < -0.39 is 23.1 Å². The number of anilines is 1. The first kappa shape index (κ1) is 20.6. The van der Waals surface area contributed by atoms with E-state index in [4.69, 9.17) is 5.73 Å². The van der Waals surface area contributed by atoms with Crippen molar-refractivity contribution in [2.45, 2.75) is 58.2 Å². The second kappa shape index (κ2) is 7.86. The van der Waals surface area contributed by atoms with Crippen LogP contribution >= 0.6 is 0 Å². The monoisotopic (exact) mass is 417 g/mol. The van der Waals surface area contributed by atoms with Crippen molar-refractivity contribution in [3.05, 3.63) is 38.8 Å². The van der Waals surface area contributed by atoms with E-state index in [2.05, 4.69) is 5.32 Å². The van der Waals surface area contributed by atoms with Crippen molar-refractivity contribution in [1.82, 2.24) is 14.0 Å². The fraction of sp³-hybridized carbons (Fsp3) is 0.571. The number of amides is 2. The summed E-state index contributed by atoms with van der Waals surface area (Å²) in [6, 6.07) is 1.72. The van der Waals surface area contributed by atoms with Crippen LogP contribution in [0.2, 0.25) is 0 Å². The van der Waals surface area contributed by atoms with E-state index in [0.717, 1.165) is 31.7 Å². The van der Waals surface area contributed by atoms with Crippen LogP contribution in [0.15, 0.2) is 21.7 Å². The molecule has 9 heteroatoms. The summed E-state index contributed by atoms with van der Waals surface area (Å²) in [5.74, 6) is -0.360. The van der Waals surface area contributed by atoms with Gasteiger partial charge in [0.2, 0.25) is 0 Å². The van der Waals surface area contributed by atoms with Crippen molar-refractivity contribution in [1.29, 1.82) is 0 Å². The number of nitrogens with one attached hydrogen (secondary N) is 1. The largest absolute Gasteiger partial charge is 0.331 e. The van der Waals surface area contributed by atoms with Gasteiger partial charge in [-0.3, -0.25) is 13.9 Å². The number of hydrogen-bond donors (Lipinski definition) is 2. The fourth-order valence-electron chi connectivity index (χ4n) is 4.10. The summed E-state index contributed by atoms with van der Waals surface area (Å²) in [6.45, 7) is 4.96. The van der Waals surface area contributed by atoms with Crippen molar-refractivity contribution < 1.29 is 9.18 Å². The minimum atomic E-state index is -0.690. The van der Waals surface area contributed by atoms with E-state index in [0.29, 0.717) is 25.6 Å². The second-order valence-electron chi connectivity index (χ2n) is 8.73. The van der Waals surface area contributed by atoms with E-state index in [1.807, 2.05) is 13.8 Å². The first-order valence-corrected chi connectivity index (χ1v) is 10.6. The highest BCUT2D eigenvalue weighted by atomic mass is 19.1. The van der Waals surface area contributed by atoms with Gasteiger partial charge in [-0.15, -0.1) is 0 Å². The Hall–Kier alpha value is -2.68. The molecule has 2 heterocycles. The van der Waals surface area contributed by atoms with Crippen LogP contribution in [-0.2, 0) is 6.54 Å². The number of aromatic nitrogens is 2. The summed E-state index contributed by atoms with van der Waals surface area (Å²) < 4.78 is 17.6. The van der Waals surface area contributed by atoms with Crippen LogP contribution in [0.1, 0.15) is 45.6 Å². The fourth-order valence-corrected chi connectivity index (χ4v) is 4.10. The predicted molar refractivity (Wildman–Crippen MR) is 113 cm³/mol. The zero-order valence-corrected chi connectivity index (χ0v) is 17.4. The maximum Gasteiger partial charge on any atom is 0.331 e. The third-order valence-corrected chi connectivity index (χ3v) is 5.90. The standard InChI is InChI=1S/C21H28FN5O3/c1-12(2)27-18-9-16(22)17(24-20(29)25-7-3-4-14(23)11-25)8-15(18)19(28)26(21(27)30)10-13-5-6-13/h8-9,12-14H,3-7,10-11,23H2,1-2H3,(H,24,29). The van der Waals surface area contributed by atoms with Crippen molar-refractivity contribution >= 4 is 22.6 Å². The maximum atomic E-state index is 14.9. The number of nitrogens with two attached hydrogens (primary N) is 1. The van der Waals surface area contributed by atoms with Crippen LogP contribution in [0, 0.1) is 11.7 Å². The quantitative estimate of drug-likeness (QED) is 0.796. The number of nitrogens with zero attached hydrogens (tertiary/aromatic N) is 3. The van der Waals surface area contributed by atoms with Gasteiger partial charge < -0.3 is 16.0 Å². The SMILES string of the molecule is CC(C)n1c(=O)n(CC2CC2)c(=O)c2cc(NC(=O)N3CCCC(N)C3)c(F)cc21. The number of carbonyl (C=O) groups is 1. The highest BCUT2D eigenvalue weighted by molar-refractivity contribution is 5.93. The number of hydrogen-bond acceptors (Lipinski definition) is 4. The van der Waals surface area contributed by atoms with Gasteiger partial charge in [-0.25, -0.2) is 14.0 Å². The van der Waals surface area contributed by atoms with E-state index in [1.165, 1.54) is 15.2 Å². The van der Waals surface area contributed by atoms with Crippen LogP contribution in [-0.4, -0.2) is 39.2 Å². The molecule has 1 saturated heterocycles. The predicted octanol–water partition coefficient (Wildman–Crippen LogP) is 2.25. The molecular weight excluding hydrogens is 389 g/mol. The van der Waals surface area contributed by atoms with Crippen molar-refractivity contribution in [3.63, 3.8) is 0 Å². The van der Waals surface area contributed by atoms with Gasteiger partial charge in [-0.2, -0.15) is 0 Å². The molecular formula is C21H28FN5O3. The number of piperidine rings is 1. The number of likely N-dealkylation sites (tertiary alicyclic amines) is 1. The number of rotatable bonds is 4. The van der Waals surface area contributed by atoms with Gasteiger partial charge in [0.05, 0.1) is 16.6 Å². The third-order valence-electron chi connectivity index (χ3n) is 5.90. The molecule has 4 rings (SSSR count). The smallest absolute Gasteiger partial charge is 0.326 e. The number of halogens is 1. The molecule has 2 amide bonds.